The van der Waals surface area contributed by atoms with Crippen molar-refractivity contribution in [2.45, 2.75) is 10.9 Å². The van der Waals surface area contributed by atoms with Gasteiger partial charge in [-0.05, 0) is 24.3 Å². The highest BCUT2D eigenvalue weighted by molar-refractivity contribution is 7.89. The number of benzene rings is 2. The molecule has 0 saturated carbocycles. The van der Waals surface area contributed by atoms with Crippen molar-refractivity contribution in [2.24, 2.45) is 7.05 Å². The van der Waals surface area contributed by atoms with Crippen LogP contribution in [-0.4, -0.2) is 27.9 Å². The van der Waals surface area contributed by atoms with E-state index in [-0.39, 0.29) is 21.5 Å². The van der Waals surface area contributed by atoms with Crippen molar-refractivity contribution in [1.29, 1.82) is 0 Å². The summed E-state index contributed by atoms with van der Waals surface area (Å²) in [6.07, 6.45) is 3.10. The average Bonchev–Trinajstić information content (AvgIpc) is 3.13. The van der Waals surface area contributed by atoms with Crippen LogP contribution in [0.15, 0.2) is 69.3 Å². The first kappa shape index (κ1) is 19.7. The predicted octanol–water partition coefficient (Wildman–Crippen LogP) is 1.16. The van der Waals surface area contributed by atoms with Gasteiger partial charge in [0.1, 0.15) is 17.7 Å². The number of hydrogen-bond acceptors (Lipinski definition) is 5. The van der Waals surface area contributed by atoms with Crippen molar-refractivity contribution < 1.29 is 12.8 Å². The van der Waals surface area contributed by atoms with Crippen LogP contribution in [-0.2, 0) is 17.1 Å². The Morgan fingerprint density at radius 1 is 1.07 bits per heavy atom. The third-order valence-corrected chi connectivity index (χ3v) is 6.03. The lowest BCUT2D eigenvalue weighted by molar-refractivity contribution is 0.545. The number of fused-ring (bicyclic) bond motifs is 1. The molecule has 0 aliphatic carbocycles. The van der Waals surface area contributed by atoms with Crippen LogP contribution in [0.5, 0.6) is 0 Å². The molecule has 11 heteroatoms. The van der Waals surface area contributed by atoms with Gasteiger partial charge in [0.25, 0.3) is 0 Å². The van der Waals surface area contributed by atoms with Crippen LogP contribution in [0.4, 0.5) is 4.39 Å². The number of H-pyrrole nitrogens is 2. The molecule has 0 radical (unpaired) electrons. The lowest BCUT2D eigenvalue weighted by Crippen LogP contribution is -2.32. The highest BCUT2D eigenvalue weighted by atomic mass is 32.2. The Hall–Kier alpha value is -3.57. The Kier molecular flexibility index (Phi) is 4.84. The van der Waals surface area contributed by atoms with Gasteiger partial charge < -0.3 is 14.5 Å². The Morgan fingerprint density at radius 2 is 1.77 bits per heavy atom. The first-order valence-corrected chi connectivity index (χ1v) is 10.2. The topological polar surface area (TPSA) is 130 Å². The number of aromatic nitrogens is 4. The van der Waals surface area contributed by atoms with Crippen LogP contribution >= 0.6 is 0 Å². The number of halogens is 1. The summed E-state index contributed by atoms with van der Waals surface area (Å²) in [7, 11) is -2.50. The number of aromatic amines is 2. The second-order valence-corrected chi connectivity index (χ2v) is 8.30. The molecule has 30 heavy (non-hydrogen) atoms. The van der Waals surface area contributed by atoms with Crippen LogP contribution in [0.2, 0.25) is 0 Å². The zero-order valence-corrected chi connectivity index (χ0v) is 16.4. The van der Waals surface area contributed by atoms with E-state index in [1.165, 1.54) is 42.6 Å². The molecule has 1 unspecified atom stereocenters. The van der Waals surface area contributed by atoms with Crippen LogP contribution in [0.25, 0.3) is 11.0 Å². The molecule has 154 valence electrons. The Morgan fingerprint density at radius 3 is 2.43 bits per heavy atom. The van der Waals surface area contributed by atoms with E-state index in [0.29, 0.717) is 5.82 Å². The van der Waals surface area contributed by atoms with Crippen molar-refractivity contribution in [2.75, 3.05) is 0 Å². The first-order chi connectivity index (χ1) is 14.3. The second-order valence-electron chi connectivity index (χ2n) is 6.59. The Balaban J connectivity index is 1.81. The molecule has 3 N–H and O–H groups in total. The van der Waals surface area contributed by atoms with E-state index >= 15 is 0 Å². The van der Waals surface area contributed by atoms with Gasteiger partial charge in [-0.25, -0.2) is 17.8 Å². The first-order valence-electron chi connectivity index (χ1n) is 8.76. The molecule has 0 amide bonds. The van der Waals surface area contributed by atoms with Crippen molar-refractivity contribution in [3.8, 4) is 0 Å². The third-order valence-electron chi connectivity index (χ3n) is 4.61. The fraction of sp³-hybridized carbons (Fsp3) is 0.105. The minimum absolute atomic E-state index is 0.105. The van der Waals surface area contributed by atoms with E-state index in [1.807, 2.05) is 0 Å². The van der Waals surface area contributed by atoms with Gasteiger partial charge in [-0.2, -0.15) is 4.72 Å². The summed E-state index contributed by atoms with van der Waals surface area (Å²) in [5.41, 5.74) is -1.23. The van der Waals surface area contributed by atoms with Gasteiger partial charge in [0.15, 0.2) is 0 Å². The van der Waals surface area contributed by atoms with Gasteiger partial charge in [0.2, 0.25) is 10.0 Å². The zero-order chi connectivity index (χ0) is 21.5. The number of sulfonamides is 1. The molecule has 2 heterocycles. The van der Waals surface area contributed by atoms with E-state index in [9.17, 15) is 22.4 Å². The summed E-state index contributed by atoms with van der Waals surface area (Å²) < 4.78 is 44.7. The smallest absolute Gasteiger partial charge is 0.314 e. The summed E-state index contributed by atoms with van der Waals surface area (Å²) in [5, 5.41) is 0. The van der Waals surface area contributed by atoms with Crippen LogP contribution in [0, 0.1) is 5.82 Å². The van der Waals surface area contributed by atoms with Gasteiger partial charge in [0.05, 0.1) is 15.9 Å². The molecule has 0 bridgehead atoms. The van der Waals surface area contributed by atoms with Crippen LogP contribution in [0.1, 0.15) is 17.4 Å². The van der Waals surface area contributed by atoms with E-state index < -0.39 is 33.0 Å². The Labute approximate surface area is 169 Å². The molecule has 0 spiro atoms. The number of aryl methyl sites for hydroxylation is 1. The van der Waals surface area contributed by atoms with Gasteiger partial charge >= 0.3 is 11.1 Å². The quantitative estimate of drug-likeness (QED) is 0.410. The molecule has 0 aliphatic heterocycles. The van der Waals surface area contributed by atoms with Crippen molar-refractivity contribution in [3.05, 3.63) is 92.8 Å². The maximum absolute atomic E-state index is 14.5. The zero-order valence-electron chi connectivity index (χ0n) is 15.6. The number of nitrogens with zero attached hydrogens (tertiary/aromatic N) is 2. The van der Waals surface area contributed by atoms with Crippen molar-refractivity contribution in [1.82, 2.24) is 24.2 Å². The molecule has 9 nitrogen and oxygen atoms in total. The lowest BCUT2D eigenvalue weighted by atomic mass is 10.1. The standard InChI is InChI=1S/C19H16FN5O4S/c1-25-9-8-21-17(25)16(12-4-2-3-5-13(12)20)24-30(28,29)11-6-7-14-15(10-11)23-19(27)18(26)22-14/h2-10,16,24H,1H3,(H,22,26)(H,23,27). The van der Waals surface area contributed by atoms with Crippen LogP contribution in [0.3, 0.4) is 0 Å². The minimum Gasteiger partial charge on any atom is -0.336 e. The normalized spacial score (nSPS) is 12.9. The highest BCUT2D eigenvalue weighted by Gasteiger charge is 2.28. The second kappa shape index (κ2) is 7.35. The number of imidazole rings is 1. The minimum atomic E-state index is -4.17. The largest absolute Gasteiger partial charge is 0.336 e. The third kappa shape index (κ3) is 3.55. The summed E-state index contributed by atoms with van der Waals surface area (Å²) in [5.74, 6) is -0.296. The summed E-state index contributed by atoms with van der Waals surface area (Å²) >= 11 is 0. The average molecular weight is 429 g/mol. The number of nitrogens with one attached hydrogen (secondary N) is 3. The van der Waals surface area contributed by atoms with Crippen molar-refractivity contribution in [3.63, 3.8) is 0 Å². The summed E-state index contributed by atoms with van der Waals surface area (Å²) in [6.45, 7) is 0. The molecule has 2 aromatic carbocycles. The SMILES string of the molecule is Cn1ccnc1C(NS(=O)(=O)c1ccc2[nH]c(=O)c(=O)[nH]c2c1)c1ccccc1F. The highest BCUT2D eigenvalue weighted by Crippen LogP contribution is 2.26. The van der Waals surface area contributed by atoms with E-state index in [2.05, 4.69) is 19.7 Å². The van der Waals surface area contributed by atoms with Gasteiger partial charge in [-0.3, -0.25) is 9.59 Å². The molecule has 1 atom stereocenters. The summed E-state index contributed by atoms with van der Waals surface area (Å²) in [6, 6.07) is 8.56. The molecule has 2 aromatic heterocycles. The summed E-state index contributed by atoms with van der Waals surface area (Å²) in [4.78, 5) is 31.7. The Bertz CT molecular complexity index is 1470. The van der Waals surface area contributed by atoms with Gasteiger partial charge in [0, 0.05) is 25.0 Å². The van der Waals surface area contributed by atoms with E-state index in [0.717, 1.165) is 0 Å². The molecular weight excluding hydrogens is 413 g/mol. The van der Waals surface area contributed by atoms with Crippen LogP contribution < -0.4 is 15.8 Å². The monoisotopic (exact) mass is 429 g/mol. The predicted molar refractivity (Wildman–Crippen MR) is 107 cm³/mol. The van der Waals surface area contributed by atoms with Crippen molar-refractivity contribution >= 4 is 21.1 Å². The molecule has 0 saturated heterocycles. The molecular formula is C19H16FN5O4S. The van der Waals surface area contributed by atoms with E-state index in [4.69, 9.17) is 0 Å². The maximum Gasteiger partial charge on any atom is 0.314 e. The molecule has 0 fully saturated rings. The number of rotatable bonds is 5. The fourth-order valence-corrected chi connectivity index (χ4v) is 4.30. The molecule has 4 aromatic rings. The van der Waals surface area contributed by atoms with Gasteiger partial charge in [-0.1, -0.05) is 18.2 Å². The van der Waals surface area contributed by atoms with Gasteiger partial charge in [-0.15, -0.1) is 0 Å². The fourth-order valence-electron chi connectivity index (χ4n) is 3.10. The number of hydrogen-bond donors (Lipinski definition) is 3. The van der Waals surface area contributed by atoms with E-state index in [1.54, 1.807) is 23.9 Å². The lowest BCUT2D eigenvalue weighted by Gasteiger charge is -2.20. The molecule has 4 rings (SSSR count). The molecule has 0 aliphatic rings. The maximum atomic E-state index is 14.5.